The van der Waals surface area contributed by atoms with Crippen molar-refractivity contribution in [2.24, 2.45) is 5.92 Å². The summed E-state index contributed by atoms with van der Waals surface area (Å²) in [5.74, 6) is 0.538. The largest absolute Gasteiger partial charge is 0.399 e. The van der Waals surface area contributed by atoms with E-state index in [0.717, 1.165) is 38.3 Å². The van der Waals surface area contributed by atoms with Crippen LogP contribution in [0.1, 0.15) is 12.8 Å². The zero-order chi connectivity index (χ0) is 13.7. The Balaban J connectivity index is 1.83. The van der Waals surface area contributed by atoms with E-state index in [4.69, 9.17) is 10.5 Å². The van der Waals surface area contributed by atoms with Gasteiger partial charge in [-0.15, -0.1) is 0 Å². The van der Waals surface area contributed by atoms with Crippen LogP contribution in [-0.2, 0) is 4.74 Å². The molecule has 5 heteroatoms. The first-order chi connectivity index (χ1) is 9.15. The van der Waals surface area contributed by atoms with Gasteiger partial charge in [0.1, 0.15) is 0 Å². The summed E-state index contributed by atoms with van der Waals surface area (Å²) >= 11 is 0. The third kappa shape index (κ3) is 4.13. The number of nitrogens with two attached hydrogens (primary N) is 1. The van der Waals surface area contributed by atoms with Crippen LogP contribution in [0.3, 0.4) is 0 Å². The molecule has 0 bridgehead atoms. The number of benzene rings is 1. The van der Waals surface area contributed by atoms with Crippen LogP contribution in [-0.4, -0.2) is 37.7 Å². The molecule has 0 unspecified atom stereocenters. The van der Waals surface area contributed by atoms with E-state index in [2.05, 4.69) is 5.32 Å². The second-order valence-corrected chi connectivity index (χ2v) is 4.99. The normalized spacial score (nSPS) is 16.1. The molecule has 1 aliphatic heterocycles. The lowest BCUT2D eigenvalue weighted by molar-refractivity contribution is 0.0592. The van der Waals surface area contributed by atoms with Crippen molar-refractivity contribution in [2.75, 3.05) is 37.9 Å². The molecule has 1 aromatic rings. The van der Waals surface area contributed by atoms with Crippen molar-refractivity contribution in [1.82, 2.24) is 4.90 Å². The van der Waals surface area contributed by atoms with E-state index < -0.39 is 0 Å². The maximum atomic E-state index is 12.0. The van der Waals surface area contributed by atoms with Crippen LogP contribution >= 0.6 is 0 Å². The Morgan fingerprint density at radius 1 is 1.37 bits per heavy atom. The molecule has 0 atom stereocenters. The minimum Gasteiger partial charge on any atom is -0.399 e. The summed E-state index contributed by atoms with van der Waals surface area (Å²) in [7, 11) is 1.82. The molecule has 1 heterocycles. The van der Waals surface area contributed by atoms with Gasteiger partial charge in [-0.05, 0) is 43.0 Å². The zero-order valence-corrected chi connectivity index (χ0v) is 11.3. The molecule has 3 N–H and O–H groups in total. The quantitative estimate of drug-likeness (QED) is 0.821. The monoisotopic (exact) mass is 263 g/mol. The number of hydrogen-bond acceptors (Lipinski definition) is 3. The number of ether oxygens (including phenoxy) is 1. The Labute approximate surface area is 113 Å². The number of hydrogen-bond donors (Lipinski definition) is 2. The Morgan fingerprint density at radius 3 is 2.63 bits per heavy atom. The smallest absolute Gasteiger partial charge is 0.321 e. The number of carbonyl (C=O) groups is 1. The molecule has 19 heavy (non-hydrogen) atoms. The van der Waals surface area contributed by atoms with Crippen LogP contribution < -0.4 is 11.1 Å². The third-order valence-electron chi connectivity index (χ3n) is 3.38. The van der Waals surface area contributed by atoms with Gasteiger partial charge in [0.2, 0.25) is 0 Å². The standard InChI is InChI=1S/C14H21N3O2/c1-17(10-11-6-8-19-9-7-11)14(18)16-13-4-2-12(15)3-5-13/h2-5,11H,6-10,15H2,1H3,(H,16,18). The van der Waals surface area contributed by atoms with E-state index in [1.807, 2.05) is 7.05 Å². The first kappa shape index (κ1) is 13.7. The third-order valence-corrected chi connectivity index (χ3v) is 3.38. The van der Waals surface area contributed by atoms with E-state index in [1.54, 1.807) is 29.2 Å². The second kappa shape index (κ2) is 6.43. The Kier molecular flexibility index (Phi) is 4.63. The highest BCUT2D eigenvalue weighted by Crippen LogP contribution is 2.16. The number of nitrogens with one attached hydrogen (secondary N) is 1. The predicted octanol–water partition coefficient (Wildman–Crippen LogP) is 2.16. The summed E-state index contributed by atoms with van der Waals surface area (Å²) in [4.78, 5) is 13.8. The topological polar surface area (TPSA) is 67.6 Å². The Morgan fingerprint density at radius 2 is 2.00 bits per heavy atom. The average molecular weight is 263 g/mol. The molecule has 2 rings (SSSR count). The van der Waals surface area contributed by atoms with Crippen molar-refractivity contribution in [3.8, 4) is 0 Å². The molecule has 0 saturated carbocycles. The van der Waals surface area contributed by atoms with Crippen LogP contribution in [0.5, 0.6) is 0 Å². The highest BCUT2D eigenvalue weighted by atomic mass is 16.5. The minimum atomic E-state index is -0.0868. The molecule has 2 amide bonds. The van der Waals surface area contributed by atoms with Gasteiger partial charge in [-0.2, -0.15) is 0 Å². The number of urea groups is 1. The van der Waals surface area contributed by atoms with Gasteiger partial charge in [0, 0.05) is 38.2 Å². The number of nitrogen functional groups attached to an aromatic ring is 1. The molecule has 0 aromatic heterocycles. The lowest BCUT2D eigenvalue weighted by Gasteiger charge is -2.27. The molecule has 1 fully saturated rings. The summed E-state index contributed by atoms with van der Waals surface area (Å²) in [5, 5.41) is 2.86. The molecule has 1 aromatic carbocycles. The fraction of sp³-hybridized carbons (Fsp3) is 0.500. The average Bonchev–Trinajstić information content (AvgIpc) is 2.42. The maximum absolute atomic E-state index is 12.0. The van der Waals surface area contributed by atoms with E-state index in [1.165, 1.54) is 0 Å². The molecule has 5 nitrogen and oxygen atoms in total. The van der Waals surface area contributed by atoms with Gasteiger partial charge < -0.3 is 20.7 Å². The van der Waals surface area contributed by atoms with Gasteiger partial charge in [0.05, 0.1) is 0 Å². The first-order valence-electron chi connectivity index (χ1n) is 6.60. The molecule has 0 spiro atoms. The van der Waals surface area contributed by atoms with Crippen LogP contribution in [0, 0.1) is 5.92 Å². The van der Waals surface area contributed by atoms with Crippen molar-refractivity contribution in [3.05, 3.63) is 24.3 Å². The molecule has 1 saturated heterocycles. The molecule has 104 valence electrons. The van der Waals surface area contributed by atoms with Gasteiger partial charge in [0.15, 0.2) is 0 Å². The SMILES string of the molecule is CN(CC1CCOCC1)C(=O)Nc1ccc(N)cc1. The predicted molar refractivity (Wildman–Crippen MR) is 76.0 cm³/mol. The van der Waals surface area contributed by atoms with Crippen LogP contribution in [0.15, 0.2) is 24.3 Å². The number of anilines is 2. The van der Waals surface area contributed by atoms with E-state index in [9.17, 15) is 4.79 Å². The fourth-order valence-corrected chi connectivity index (χ4v) is 2.18. The van der Waals surface area contributed by atoms with E-state index >= 15 is 0 Å². The second-order valence-electron chi connectivity index (χ2n) is 4.99. The fourth-order valence-electron chi connectivity index (χ4n) is 2.18. The summed E-state index contributed by atoms with van der Waals surface area (Å²) in [6.45, 7) is 2.38. The lowest BCUT2D eigenvalue weighted by atomic mass is 10.00. The number of amides is 2. The zero-order valence-electron chi connectivity index (χ0n) is 11.3. The highest BCUT2D eigenvalue weighted by Gasteiger charge is 2.18. The van der Waals surface area contributed by atoms with Gasteiger partial charge >= 0.3 is 6.03 Å². The van der Waals surface area contributed by atoms with Gasteiger partial charge in [-0.3, -0.25) is 0 Å². The summed E-state index contributed by atoms with van der Waals surface area (Å²) < 4.78 is 5.32. The van der Waals surface area contributed by atoms with Gasteiger partial charge in [-0.1, -0.05) is 0 Å². The van der Waals surface area contributed by atoms with Crippen molar-refractivity contribution >= 4 is 17.4 Å². The van der Waals surface area contributed by atoms with Gasteiger partial charge in [0.25, 0.3) is 0 Å². The minimum absolute atomic E-state index is 0.0868. The van der Waals surface area contributed by atoms with Crippen LogP contribution in [0.25, 0.3) is 0 Å². The van der Waals surface area contributed by atoms with Crippen LogP contribution in [0.2, 0.25) is 0 Å². The molecule has 0 radical (unpaired) electrons. The number of nitrogens with zero attached hydrogens (tertiary/aromatic N) is 1. The van der Waals surface area contributed by atoms with Crippen LogP contribution in [0.4, 0.5) is 16.2 Å². The molecule has 1 aliphatic rings. The van der Waals surface area contributed by atoms with Crippen molar-refractivity contribution < 1.29 is 9.53 Å². The summed E-state index contributed by atoms with van der Waals surface area (Å²) in [6, 6.07) is 7.06. The molecular formula is C14H21N3O2. The number of rotatable bonds is 3. The van der Waals surface area contributed by atoms with E-state index in [-0.39, 0.29) is 6.03 Å². The Hall–Kier alpha value is -1.75. The highest BCUT2D eigenvalue weighted by molar-refractivity contribution is 5.89. The Bertz CT molecular complexity index is 413. The molecular weight excluding hydrogens is 242 g/mol. The van der Waals surface area contributed by atoms with Gasteiger partial charge in [-0.25, -0.2) is 4.79 Å². The van der Waals surface area contributed by atoms with Crippen molar-refractivity contribution in [2.45, 2.75) is 12.8 Å². The van der Waals surface area contributed by atoms with E-state index in [0.29, 0.717) is 11.6 Å². The van der Waals surface area contributed by atoms with Crippen molar-refractivity contribution in [1.29, 1.82) is 0 Å². The molecule has 0 aliphatic carbocycles. The first-order valence-corrected chi connectivity index (χ1v) is 6.60. The van der Waals surface area contributed by atoms with Crippen molar-refractivity contribution in [3.63, 3.8) is 0 Å². The number of carbonyl (C=O) groups excluding carboxylic acids is 1. The maximum Gasteiger partial charge on any atom is 0.321 e. The summed E-state index contributed by atoms with van der Waals surface area (Å²) in [5.41, 5.74) is 7.06. The summed E-state index contributed by atoms with van der Waals surface area (Å²) in [6.07, 6.45) is 2.05. The lowest BCUT2D eigenvalue weighted by Crippen LogP contribution is -2.36.